The number of benzene rings is 1. The van der Waals surface area contributed by atoms with Gasteiger partial charge in [0.05, 0.1) is 12.1 Å². The van der Waals surface area contributed by atoms with Crippen LogP contribution in [0.4, 0.5) is 4.39 Å². The van der Waals surface area contributed by atoms with E-state index in [1.54, 1.807) is 23.6 Å². The van der Waals surface area contributed by atoms with Crippen LogP contribution >= 0.6 is 11.3 Å². The number of hydrogen-bond acceptors (Lipinski definition) is 4. The molecule has 0 aliphatic rings. The van der Waals surface area contributed by atoms with Gasteiger partial charge in [0.1, 0.15) is 0 Å². The SMILES string of the molecule is CCNC(Cc1nccs1)c1ccc(OC)c(F)c1. The number of likely N-dealkylation sites (N-methyl/N-ethyl adjacent to an activating group) is 1. The highest BCUT2D eigenvalue weighted by molar-refractivity contribution is 7.09. The van der Waals surface area contributed by atoms with E-state index in [4.69, 9.17) is 4.74 Å². The molecule has 0 aliphatic carbocycles. The van der Waals surface area contributed by atoms with E-state index >= 15 is 0 Å². The number of ether oxygens (including phenoxy) is 1. The molecule has 0 aliphatic heterocycles. The van der Waals surface area contributed by atoms with Crippen molar-refractivity contribution >= 4 is 11.3 Å². The highest BCUT2D eigenvalue weighted by atomic mass is 32.1. The van der Waals surface area contributed by atoms with Crippen molar-refractivity contribution in [1.29, 1.82) is 0 Å². The molecule has 1 atom stereocenters. The maximum absolute atomic E-state index is 13.8. The summed E-state index contributed by atoms with van der Waals surface area (Å²) >= 11 is 1.61. The van der Waals surface area contributed by atoms with Gasteiger partial charge in [0.25, 0.3) is 0 Å². The molecule has 0 saturated carbocycles. The summed E-state index contributed by atoms with van der Waals surface area (Å²) in [4.78, 5) is 4.28. The van der Waals surface area contributed by atoms with Crippen molar-refractivity contribution < 1.29 is 9.13 Å². The number of thiazole rings is 1. The molecule has 1 aromatic heterocycles. The second-order valence-corrected chi connectivity index (χ2v) is 5.11. The summed E-state index contributed by atoms with van der Waals surface area (Å²) in [7, 11) is 1.47. The van der Waals surface area contributed by atoms with E-state index in [1.807, 2.05) is 18.4 Å². The third kappa shape index (κ3) is 3.52. The number of nitrogens with one attached hydrogen (secondary N) is 1. The van der Waals surface area contributed by atoms with E-state index < -0.39 is 0 Å². The lowest BCUT2D eigenvalue weighted by molar-refractivity contribution is 0.385. The lowest BCUT2D eigenvalue weighted by atomic mass is 10.0. The van der Waals surface area contributed by atoms with Gasteiger partial charge in [-0.2, -0.15) is 0 Å². The van der Waals surface area contributed by atoms with Crippen LogP contribution in [0.2, 0.25) is 0 Å². The molecule has 1 unspecified atom stereocenters. The fourth-order valence-electron chi connectivity index (χ4n) is 1.98. The van der Waals surface area contributed by atoms with Crippen LogP contribution in [0.3, 0.4) is 0 Å². The van der Waals surface area contributed by atoms with Crippen molar-refractivity contribution in [3.63, 3.8) is 0 Å². The minimum atomic E-state index is -0.331. The van der Waals surface area contributed by atoms with Gasteiger partial charge in [-0.05, 0) is 24.2 Å². The Kier molecular flexibility index (Phi) is 4.87. The first-order valence-corrected chi connectivity index (χ1v) is 7.07. The third-order valence-electron chi connectivity index (χ3n) is 2.89. The van der Waals surface area contributed by atoms with Crippen molar-refractivity contribution in [2.24, 2.45) is 0 Å². The Morgan fingerprint density at radius 3 is 2.89 bits per heavy atom. The molecule has 5 heteroatoms. The maximum atomic E-state index is 13.8. The second kappa shape index (κ2) is 6.63. The molecule has 0 spiro atoms. The zero-order chi connectivity index (χ0) is 13.7. The molecule has 0 fully saturated rings. The van der Waals surface area contributed by atoms with Crippen molar-refractivity contribution in [3.8, 4) is 5.75 Å². The average Bonchev–Trinajstić information content (AvgIpc) is 2.91. The molecule has 19 heavy (non-hydrogen) atoms. The highest BCUT2D eigenvalue weighted by Crippen LogP contribution is 2.24. The predicted octanol–water partition coefficient (Wildman–Crippen LogP) is 3.18. The minimum Gasteiger partial charge on any atom is -0.494 e. The monoisotopic (exact) mass is 280 g/mol. The molecular formula is C14H17FN2OS. The van der Waals surface area contributed by atoms with Crippen LogP contribution in [-0.4, -0.2) is 18.6 Å². The second-order valence-electron chi connectivity index (χ2n) is 4.13. The molecule has 102 valence electrons. The van der Waals surface area contributed by atoms with Crippen molar-refractivity contribution in [2.75, 3.05) is 13.7 Å². The first kappa shape index (κ1) is 14.0. The largest absolute Gasteiger partial charge is 0.494 e. The molecule has 2 rings (SSSR count). The summed E-state index contributed by atoms with van der Waals surface area (Å²) in [5, 5.41) is 6.36. The van der Waals surface area contributed by atoms with Gasteiger partial charge in [-0.3, -0.25) is 0 Å². The van der Waals surface area contributed by atoms with E-state index in [-0.39, 0.29) is 17.6 Å². The zero-order valence-electron chi connectivity index (χ0n) is 11.0. The van der Waals surface area contributed by atoms with Crippen molar-refractivity contribution in [2.45, 2.75) is 19.4 Å². The highest BCUT2D eigenvalue weighted by Gasteiger charge is 2.15. The van der Waals surface area contributed by atoms with E-state index in [0.717, 1.165) is 23.5 Å². The van der Waals surface area contributed by atoms with E-state index in [2.05, 4.69) is 10.3 Å². The Hall–Kier alpha value is -1.46. The zero-order valence-corrected chi connectivity index (χ0v) is 11.8. The lowest BCUT2D eigenvalue weighted by Crippen LogP contribution is -2.23. The number of nitrogens with zero attached hydrogens (tertiary/aromatic N) is 1. The minimum absolute atomic E-state index is 0.0663. The number of methoxy groups -OCH3 is 1. The molecule has 0 saturated heterocycles. The van der Waals surface area contributed by atoms with E-state index in [1.165, 1.54) is 13.2 Å². The van der Waals surface area contributed by atoms with Gasteiger partial charge in [0.2, 0.25) is 0 Å². The number of hydrogen-bond donors (Lipinski definition) is 1. The topological polar surface area (TPSA) is 34.2 Å². The van der Waals surface area contributed by atoms with Gasteiger partial charge in [-0.15, -0.1) is 11.3 Å². The van der Waals surface area contributed by atoms with Crippen molar-refractivity contribution in [3.05, 3.63) is 46.2 Å². The van der Waals surface area contributed by atoms with Crippen LogP contribution in [-0.2, 0) is 6.42 Å². The summed E-state index contributed by atoms with van der Waals surface area (Å²) in [6.45, 7) is 2.86. The van der Waals surface area contributed by atoms with Crippen LogP contribution < -0.4 is 10.1 Å². The molecule has 1 N–H and O–H groups in total. The Morgan fingerprint density at radius 2 is 2.32 bits per heavy atom. The van der Waals surface area contributed by atoms with Gasteiger partial charge in [0, 0.05) is 24.0 Å². The summed E-state index contributed by atoms with van der Waals surface area (Å²) in [6, 6.07) is 5.15. The smallest absolute Gasteiger partial charge is 0.165 e. The maximum Gasteiger partial charge on any atom is 0.165 e. The Labute approximate surface area is 116 Å². The molecule has 0 bridgehead atoms. The van der Waals surface area contributed by atoms with E-state index in [9.17, 15) is 4.39 Å². The molecule has 0 amide bonds. The Morgan fingerprint density at radius 1 is 1.47 bits per heavy atom. The fraction of sp³-hybridized carbons (Fsp3) is 0.357. The molecular weight excluding hydrogens is 263 g/mol. The number of rotatable bonds is 6. The van der Waals surface area contributed by atoms with Gasteiger partial charge in [-0.1, -0.05) is 13.0 Å². The van der Waals surface area contributed by atoms with Gasteiger partial charge >= 0.3 is 0 Å². The Balaban J connectivity index is 2.20. The van der Waals surface area contributed by atoms with Gasteiger partial charge in [-0.25, -0.2) is 9.37 Å². The predicted molar refractivity (Wildman–Crippen MR) is 75.2 cm³/mol. The summed E-state index contributed by atoms with van der Waals surface area (Å²) < 4.78 is 18.7. The normalized spacial score (nSPS) is 12.4. The van der Waals surface area contributed by atoms with Crippen LogP contribution in [0.15, 0.2) is 29.8 Å². The van der Waals surface area contributed by atoms with Gasteiger partial charge in [0.15, 0.2) is 11.6 Å². The summed E-state index contributed by atoms with van der Waals surface area (Å²) in [6.07, 6.45) is 2.55. The fourth-order valence-corrected chi connectivity index (χ4v) is 2.65. The van der Waals surface area contributed by atoms with Crippen molar-refractivity contribution in [1.82, 2.24) is 10.3 Å². The van der Waals surface area contributed by atoms with E-state index in [0.29, 0.717) is 0 Å². The Bertz CT molecular complexity index is 516. The van der Waals surface area contributed by atoms with Crippen LogP contribution in [0, 0.1) is 5.82 Å². The van der Waals surface area contributed by atoms with Gasteiger partial charge < -0.3 is 10.1 Å². The number of aromatic nitrogens is 1. The summed E-state index contributed by atoms with van der Waals surface area (Å²) in [5.74, 6) is -0.0599. The average molecular weight is 280 g/mol. The third-order valence-corrected chi connectivity index (χ3v) is 3.69. The van der Waals surface area contributed by atoms with Crippen LogP contribution in [0.1, 0.15) is 23.5 Å². The summed E-state index contributed by atoms with van der Waals surface area (Å²) in [5.41, 5.74) is 0.912. The molecule has 1 heterocycles. The first-order chi connectivity index (χ1) is 9.24. The quantitative estimate of drug-likeness (QED) is 0.882. The van der Waals surface area contributed by atoms with Crippen LogP contribution in [0.25, 0.3) is 0 Å². The standard InChI is InChI=1S/C14H17FN2OS/c1-3-16-12(9-14-17-6-7-19-14)10-4-5-13(18-2)11(15)8-10/h4-8,12,16H,3,9H2,1-2H3. The molecule has 1 aromatic carbocycles. The number of halogens is 1. The lowest BCUT2D eigenvalue weighted by Gasteiger charge is -2.17. The van der Waals surface area contributed by atoms with Crippen LogP contribution in [0.5, 0.6) is 5.75 Å². The first-order valence-electron chi connectivity index (χ1n) is 6.19. The molecule has 0 radical (unpaired) electrons. The molecule has 2 aromatic rings. The molecule has 3 nitrogen and oxygen atoms in total.